The smallest absolute Gasteiger partial charge is 0.288 e. The summed E-state index contributed by atoms with van der Waals surface area (Å²) in [6, 6.07) is 14.7. The van der Waals surface area contributed by atoms with Crippen LogP contribution in [0.4, 0.5) is 11.6 Å². The zero-order valence-corrected chi connectivity index (χ0v) is 18.3. The maximum Gasteiger partial charge on any atom is 0.302 e. The maximum absolute atomic E-state index is 13.1. The minimum Gasteiger partial charge on any atom is -0.288 e. The number of amides is 2. The molecule has 1 aromatic carbocycles. The van der Waals surface area contributed by atoms with Gasteiger partial charge < -0.3 is 0 Å². The zero-order valence-electron chi connectivity index (χ0n) is 17.5. The molecular formula is C22H21N6O3S+. The van der Waals surface area contributed by atoms with Gasteiger partial charge >= 0.3 is 5.88 Å². The molecule has 2 amide bonds. The van der Waals surface area contributed by atoms with Crippen LogP contribution in [0.5, 0.6) is 0 Å². The normalized spacial score (nSPS) is 14.8. The van der Waals surface area contributed by atoms with E-state index in [2.05, 4.69) is 20.6 Å². The first kappa shape index (κ1) is 21.4. The molecule has 9 nitrogen and oxygen atoms in total. The van der Waals surface area contributed by atoms with Crippen LogP contribution >= 0.6 is 11.8 Å². The van der Waals surface area contributed by atoms with Crippen molar-refractivity contribution < 1.29 is 18.8 Å². The second-order valence-electron chi connectivity index (χ2n) is 7.13. The molecule has 4 rings (SSSR count). The number of benzene rings is 1. The Kier molecular flexibility index (Phi) is 6.41. The molecule has 32 heavy (non-hydrogen) atoms. The lowest BCUT2D eigenvalue weighted by molar-refractivity contribution is -0.779. The minimum atomic E-state index is -0.299. The molecule has 0 radical (unpaired) electrons. The third-order valence-electron chi connectivity index (χ3n) is 4.42. The Balaban J connectivity index is 1.51. The summed E-state index contributed by atoms with van der Waals surface area (Å²) in [6.07, 6.45) is 4.90. The van der Waals surface area contributed by atoms with Crippen LogP contribution in [0.3, 0.4) is 0 Å². The van der Waals surface area contributed by atoms with Crippen molar-refractivity contribution in [3.63, 3.8) is 0 Å². The number of anilines is 2. The average Bonchev–Trinajstić information content (AvgIpc) is 3.38. The summed E-state index contributed by atoms with van der Waals surface area (Å²) in [4.78, 5) is 35.7. The molecular weight excluding hydrogens is 428 g/mol. The highest BCUT2D eigenvalue weighted by Crippen LogP contribution is 2.29. The third-order valence-corrected chi connectivity index (χ3v) is 5.36. The van der Waals surface area contributed by atoms with Crippen molar-refractivity contribution in [2.45, 2.75) is 19.9 Å². The molecule has 2 aromatic heterocycles. The van der Waals surface area contributed by atoms with Gasteiger partial charge in [-0.15, -0.1) is 0 Å². The number of carbonyl (C=O) groups is 2. The summed E-state index contributed by atoms with van der Waals surface area (Å²) in [6.45, 7) is 3.90. The highest BCUT2D eigenvalue weighted by atomic mass is 32.2. The Labute approximate surface area is 188 Å². The SMILES string of the molecule is CC(C)[n+]1cc(NC(=O)CSC2=N/C(=C/c3ccccn3)C(=O)N2c2ccccc2)on1. The van der Waals surface area contributed by atoms with E-state index in [1.54, 1.807) is 35.3 Å². The summed E-state index contributed by atoms with van der Waals surface area (Å²) < 4.78 is 6.73. The van der Waals surface area contributed by atoms with Crippen molar-refractivity contribution in [2.24, 2.45) is 4.99 Å². The fraction of sp³-hybridized carbons (Fsp3) is 0.182. The lowest BCUT2D eigenvalue weighted by atomic mass is 10.2. The molecule has 0 atom stereocenters. The van der Waals surface area contributed by atoms with Crippen molar-refractivity contribution in [1.82, 2.24) is 10.3 Å². The average molecular weight is 450 g/mol. The Morgan fingerprint density at radius 2 is 2.00 bits per heavy atom. The first-order chi connectivity index (χ1) is 15.5. The number of rotatable bonds is 6. The summed E-state index contributed by atoms with van der Waals surface area (Å²) in [5, 5.41) is 6.92. The molecule has 0 spiro atoms. The number of para-hydroxylation sites is 1. The fourth-order valence-electron chi connectivity index (χ4n) is 2.86. The van der Waals surface area contributed by atoms with Crippen LogP contribution in [0.15, 0.2) is 76.1 Å². The van der Waals surface area contributed by atoms with Crippen LogP contribution in [0, 0.1) is 0 Å². The number of amidine groups is 1. The topological polar surface area (TPSA) is 105 Å². The zero-order chi connectivity index (χ0) is 22.5. The number of nitrogens with one attached hydrogen (secondary N) is 1. The first-order valence-corrected chi connectivity index (χ1v) is 10.9. The molecule has 162 valence electrons. The molecule has 10 heteroatoms. The van der Waals surface area contributed by atoms with Crippen LogP contribution in [0.1, 0.15) is 25.6 Å². The van der Waals surface area contributed by atoms with Crippen LogP contribution in [0.2, 0.25) is 0 Å². The van der Waals surface area contributed by atoms with E-state index in [0.717, 1.165) is 11.8 Å². The number of hydrogen-bond acceptors (Lipinski definition) is 7. The molecule has 0 saturated heterocycles. The molecule has 0 fully saturated rings. The van der Waals surface area contributed by atoms with E-state index in [0.29, 0.717) is 16.5 Å². The van der Waals surface area contributed by atoms with Gasteiger partial charge in [0.1, 0.15) is 5.70 Å². The van der Waals surface area contributed by atoms with E-state index >= 15 is 0 Å². The van der Waals surface area contributed by atoms with Gasteiger partial charge in [0.15, 0.2) is 11.2 Å². The van der Waals surface area contributed by atoms with Crippen LogP contribution in [0.25, 0.3) is 6.08 Å². The lowest BCUT2D eigenvalue weighted by Gasteiger charge is -2.17. The molecule has 0 saturated carbocycles. The van der Waals surface area contributed by atoms with E-state index < -0.39 is 0 Å². The largest absolute Gasteiger partial charge is 0.302 e. The molecule has 1 aliphatic rings. The third kappa shape index (κ3) is 4.92. The van der Waals surface area contributed by atoms with E-state index in [1.807, 2.05) is 50.2 Å². The lowest BCUT2D eigenvalue weighted by Crippen LogP contribution is -2.37. The number of nitrogens with zero attached hydrogens (tertiary/aromatic N) is 5. The monoisotopic (exact) mass is 449 g/mol. The maximum atomic E-state index is 13.1. The van der Waals surface area contributed by atoms with E-state index in [4.69, 9.17) is 4.52 Å². The Morgan fingerprint density at radius 3 is 2.69 bits per heavy atom. The minimum absolute atomic E-state index is 0.0364. The summed E-state index contributed by atoms with van der Waals surface area (Å²) in [5.41, 5.74) is 1.55. The number of aromatic nitrogens is 3. The quantitative estimate of drug-likeness (QED) is 0.458. The van der Waals surface area contributed by atoms with Gasteiger partial charge in [0.2, 0.25) is 11.2 Å². The van der Waals surface area contributed by atoms with Crippen molar-refractivity contribution in [3.8, 4) is 0 Å². The van der Waals surface area contributed by atoms with Crippen LogP contribution in [-0.2, 0) is 9.59 Å². The van der Waals surface area contributed by atoms with Gasteiger partial charge in [0.05, 0.1) is 17.1 Å². The van der Waals surface area contributed by atoms with E-state index in [1.165, 1.54) is 4.90 Å². The molecule has 1 N–H and O–H groups in total. The summed E-state index contributed by atoms with van der Waals surface area (Å²) in [7, 11) is 0. The second kappa shape index (κ2) is 9.56. The second-order valence-corrected chi connectivity index (χ2v) is 8.07. The number of carbonyl (C=O) groups excluding carboxylic acids is 2. The highest BCUT2D eigenvalue weighted by Gasteiger charge is 2.32. The van der Waals surface area contributed by atoms with Crippen molar-refractivity contribution in [3.05, 3.63) is 72.3 Å². The summed E-state index contributed by atoms with van der Waals surface area (Å²) in [5.74, 6) is -0.288. The molecule has 3 heterocycles. The Morgan fingerprint density at radius 1 is 1.22 bits per heavy atom. The van der Waals surface area contributed by atoms with Crippen molar-refractivity contribution in [2.75, 3.05) is 16.0 Å². The standard InChI is InChI=1S/C22H20N6O3S/c1-15(2)27-13-20(31-26-27)25-19(29)14-32-22-24-18(12-16-8-6-7-11-23-16)21(30)28(22)17-9-4-3-5-10-17/h3-13,15H,14H2,1-2H3/p+1/b18-12+. The number of aliphatic imine (C=N–C) groups is 1. The molecule has 0 bridgehead atoms. The Hall–Kier alpha value is -3.79. The number of pyridine rings is 1. The fourth-order valence-corrected chi connectivity index (χ4v) is 3.67. The van der Waals surface area contributed by atoms with Crippen LogP contribution in [-0.4, -0.2) is 33.0 Å². The van der Waals surface area contributed by atoms with Gasteiger partial charge in [-0.2, -0.15) is 0 Å². The van der Waals surface area contributed by atoms with E-state index in [-0.39, 0.29) is 35.2 Å². The van der Waals surface area contributed by atoms with E-state index in [9.17, 15) is 9.59 Å². The first-order valence-electron chi connectivity index (χ1n) is 9.93. The van der Waals surface area contributed by atoms with Crippen LogP contribution < -0.4 is 14.9 Å². The number of thioether (sulfide) groups is 1. The van der Waals surface area contributed by atoms with Gasteiger partial charge in [-0.05, 0) is 48.9 Å². The predicted octanol–water partition coefficient (Wildman–Crippen LogP) is 3.05. The van der Waals surface area contributed by atoms with Gasteiger partial charge in [0, 0.05) is 6.20 Å². The summed E-state index contributed by atoms with van der Waals surface area (Å²) >= 11 is 1.16. The molecule has 0 aliphatic carbocycles. The van der Waals surface area contributed by atoms with Crippen molar-refractivity contribution in [1.29, 1.82) is 0 Å². The van der Waals surface area contributed by atoms with Gasteiger partial charge in [-0.25, -0.2) is 4.99 Å². The Bertz CT molecular complexity index is 1170. The number of hydrogen-bond donors (Lipinski definition) is 1. The van der Waals surface area contributed by atoms with Crippen molar-refractivity contribution >= 4 is 46.4 Å². The molecule has 1 aliphatic heterocycles. The van der Waals surface area contributed by atoms with Gasteiger partial charge in [-0.3, -0.25) is 29.3 Å². The molecule has 3 aromatic rings. The van der Waals surface area contributed by atoms with Gasteiger partial charge in [-0.1, -0.05) is 36.0 Å². The van der Waals surface area contributed by atoms with Gasteiger partial charge in [0.25, 0.3) is 12.1 Å². The highest BCUT2D eigenvalue weighted by molar-refractivity contribution is 8.14. The predicted molar refractivity (Wildman–Crippen MR) is 122 cm³/mol. The molecule has 0 unspecified atom stereocenters.